The Morgan fingerprint density at radius 1 is 0.966 bits per heavy atom. The Hall–Kier alpha value is -3.41. The number of carboxylic acid groups (broad SMARTS) is 1. The van der Waals surface area contributed by atoms with Gasteiger partial charge in [-0.3, -0.25) is 4.79 Å². The SMILES string of the molecule is O=C(O)[C@@H]1C[C@H]1COc1ccc(-c2cc(Oc3cccc(F)c3)ccc2F)cc1. The molecule has 4 nitrogen and oxygen atoms in total. The molecule has 0 aromatic heterocycles. The summed E-state index contributed by atoms with van der Waals surface area (Å²) in [5.74, 6) is -0.576. The average molecular weight is 396 g/mol. The molecule has 0 aliphatic heterocycles. The smallest absolute Gasteiger partial charge is 0.306 e. The van der Waals surface area contributed by atoms with E-state index < -0.39 is 17.6 Å². The number of halogens is 2. The van der Waals surface area contributed by atoms with Crippen molar-refractivity contribution in [2.45, 2.75) is 6.42 Å². The van der Waals surface area contributed by atoms with Gasteiger partial charge in [-0.2, -0.15) is 0 Å². The van der Waals surface area contributed by atoms with Crippen LogP contribution in [0, 0.1) is 23.5 Å². The van der Waals surface area contributed by atoms with Crippen molar-refractivity contribution in [1.82, 2.24) is 0 Å². The maximum absolute atomic E-state index is 14.3. The Bertz CT molecular complexity index is 1030. The summed E-state index contributed by atoms with van der Waals surface area (Å²) < 4.78 is 38.9. The maximum Gasteiger partial charge on any atom is 0.306 e. The summed E-state index contributed by atoms with van der Waals surface area (Å²) >= 11 is 0. The lowest BCUT2D eigenvalue weighted by atomic mass is 10.0. The molecule has 1 aliphatic carbocycles. The van der Waals surface area contributed by atoms with Crippen LogP contribution in [0.15, 0.2) is 66.7 Å². The maximum atomic E-state index is 14.3. The zero-order chi connectivity index (χ0) is 20.4. The zero-order valence-corrected chi connectivity index (χ0v) is 15.3. The van der Waals surface area contributed by atoms with Gasteiger partial charge < -0.3 is 14.6 Å². The molecule has 6 heteroatoms. The number of hydrogen-bond acceptors (Lipinski definition) is 3. The summed E-state index contributed by atoms with van der Waals surface area (Å²) in [5, 5.41) is 8.92. The fourth-order valence-electron chi connectivity index (χ4n) is 3.12. The molecule has 2 atom stereocenters. The lowest BCUT2D eigenvalue weighted by Crippen LogP contribution is -2.06. The molecule has 148 valence electrons. The quantitative estimate of drug-likeness (QED) is 0.571. The standard InChI is InChI=1S/C23H18F2O4/c24-16-2-1-3-18(11-16)29-19-8-9-22(25)20(12-19)14-4-6-17(7-5-14)28-13-15-10-21(15)23(26)27/h1-9,11-12,15,21H,10,13H2,(H,26,27)/t15-,21+/m0/s1. The van der Waals surface area contributed by atoms with Crippen LogP contribution < -0.4 is 9.47 Å². The molecule has 0 heterocycles. The van der Waals surface area contributed by atoms with Crippen LogP contribution in [-0.4, -0.2) is 17.7 Å². The molecular weight excluding hydrogens is 378 g/mol. The summed E-state index contributed by atoms with van der Waals surface area (Å²) in [6.45, 7) is 0.349. The third-order valence-electron chi connectivity index (χ3n) is 4.84. The molecule has 1 aliphatic rings. The average Bonchev–Trinajstić information content (AvgIpc) is 3.49. The first-order valence-corrected chi connectivity index (χ1v) is 9.18. The molecule has 29 heavy (non-hydrogen) atoms. The molecule has 0 radical (unpaired) electrons. The van der Waals surface area contributed by atoms with Gasteiger partial charge in [-0.15, -0.1) is 0 Å². The van der Waals surface area contributed by atoms with Crippen LogP contribution in [0.3, 0.4) is 0 Å². The van der Waals surface area contributed by atoms with Crippen LogP contribution in [0.5, 0.6) is 17.2 Å². The van der Waals surface area contributed by atoms with E-state index in [9.17, 15) is 13.6 Å². The molecule has 1 N–H and O–H groups in total. The number of rotatable bonds is 7. The number of hydrogen-bond donors (Lipinski definition) is 1. The molecule has 0 spiro atoms. The lowest BCUT2D eigenvalue weighted by molar-refractivity contribution is -0.138. The highest BCUT2D eigenvalue weighted by molar-refractivity contribution is 5.73. The minimum absolute atomic E-state index is 0.0428. The summed E-state index contributed by atoms with van der Waals surface area (Å²) in [7, 11) is 0. The fourth-order valence-corrected chi connectivity index (χ4v) is 3.12. The molecule has 3 aromatic rings. The van der Waals surface area contributed by atoms with E-state index in [2.05, 4.69) is 0 Å². The Balaban J connectivity index is 1.45. The predicted octanol–water partition coefficient (Wildman–Crippen LogP) is 5.52. The van der Waals surface area contributed by atoms with Crippen LogP contribution in [0.1, 0.15) is 6.42 Å². The second kappa shape index (κ2) is 7.91. The number of benzene rings is 3. The van der Waals surface area contributed by atoms with Crippen LogP contribution in [0.2, 0.25) is 0 Å². The van der Waals surface area contributed by atoms with Crippen molar-refractivity contribution in [3.05, 3.63) is 78.4 Å². The van der Waals surface area contributed by atoms with Gasteiger partial charge in [-0.05, 0) is 54.4 Å². The van der Waals surface area contributed by atoms with Gasteiger partial charge in [0.05, 0.1) is 12.5 Å². The highest BCUT2D eigenvalue weighted by Crippen LogP contribution is 2.39. The van der Waals surface area contributed by atoms with E-state index in [1.807, 2.05) is 0 Å². The van der Waals surface area contributed by atoms with Crippen molar-refractivity contribution in [3.63, 3.8) is 0 Å². The fraction of sp³-hybridized carbons (Fsp3) is 0.174. The Morgan fingerprint density at radius 3 is 2.38 bits per heavy atom. The first kappa shape index (κ1) is 18.9. The van der Waals surface area contributed by atoms with Gasteiger partial charge in [0.25, 0.3) is 0 Å². The van der Waals surface area contributed by atoms with Crippen molar-refractivity contribution in [1.29, 1.82) is 0 Å². The van der Waals surface area contributed by atoms with Crippen LogP contribution in [0.25, 0.3) is 11.1 Å². The second-order valence-electron chi connectivity index (χ2n) is 6.98. The third-order valence-corrected chi connectivity index (χ3v) is 4.84. The van der Waals surface area contributed by atoms with Gasteiger partial charge in [0, 0.05) is 17.5 Å². The van der Waals surface area contributed by atoms with E-state index in [-0.39, 0.29) is 11.8 Å². The van der Waals surface area contributed by atoms with Gasteiger partial charge in [-0.1, -0.05) is 18.2 Å². The van der Waals surface area contributed by atoms with Crippen molar-refractivity contribution in [2.75, 3.05) is 6.61 Å². The van der Waals surface area contributed by atoms with E-state index in [0.717, 1.165) is 0 Å². The molecular formula is C23H18F2O4. The molecule has 3 aromatic carbocycles. The van der Waals surface area contributed by atoms with E-state index in [4.69, 9.17) is 14.6 Å². The van der Waals surface area contributed by atoms with Gasteiger partial charge in [-0.25, -0.2) is 8.78 Å². The Labute approximate surface area is 166 Å². The number of carbonyl (C=O) groups is 1. The van der Waals surface area contributed by atoms with Gasteiger partial charge in [0.1, 0.15) is 28.9 Å². The van der Waals surface area contributed by atoms with Crippen LogP contribution >= 0.6 is 0 Å². The number of carboxylic acids is 1. The molecule has 0 saturated heterocycles. The molecule has 0 amide bonds. The van der Waals surface area contributed by atoms with Crippen molar-refractivity contribution in [2.24, 2.45) is 11.8 Å². The highest BCUT2D eigenvalue weighted by Gasteiger charge is 2.43. The monoisotopic (exact) mass is 396 g/mol. The van der Waals surface area contributed by atoms with Crippen LogP contribution in [-0.2, 0) is 4.79 Å². The van der Waals surface area contributed by atoms with E-state index >= 15 is 0 Å². The van der Waals surface area contributed by atoms with Gasteiger partial charge in [0.15, 0.2) is 0 Å². The van der Waals surface area contributed by atoms with Crippen molar-refractivity contribution < 1.29 is 28.2 Å². The first-order chi connectivity index (χ1) is 14.0. The topological polar surface area (TPSA) is 55.8 Å². The van der Waals surface area contributed by atoms with Crippen LogP contribution in [0.4, 0.5) is 8.78 Å². The second-order valence-corrected chi connectivity index (χ2v) is 6.98. The molecule has 0 unspecified atom stereocenters. The normalized spacial score (nSPS) is 17.6. The van der Waals surface area contributed by atoms with Gasteiger partial charge >= 0.3 is 5.97 Å². The van der Waals surface area contributed by atoms with Crippen molar-refractivity contribution >= 4 is 5.97 Å². The van der Waals surface area contributed by atoms with E-state index in [0.29, 0.717) is 41.4 Å². The van der Waals surface area contributed by atoms with Crippen molar-refractivity contribution in [3.8, 4) is 28.4 Å². The Kier molecular flexibility index (Phi) is 5.16. The third kappa shape index (κ3) is 4.54. The predicted molar refractivity (Wildman–Crippen MR) is 103 cm³/mol. The minimum atomic E-state index is -0.787. The first-order valence-electron chi connectivity index (χ1n) is 9.18. The molecule has 1 saturated carbocycles. The highest BCUT2D eigenvalue weighted by atomic mass is 19.1. The minimum Gasteiger partial charge on any atom is -0.493 e. The summed E-state index contributed by atoms with van der Waals surface area (Å²) in [6, 6.07) is 16.9. The van der Waals surface area contributed by atoms with Gasteiger partial charge in [0.2, 0.25) is 0 Å². The molecule has 1 fully saturated rings. The zero-order valence-electron chi connectivity index (χ0n) is 15.3. The largest absolute Gasteiger partial charge is 0.493 e. The summed E-state index contributed by atoms with van der Waals surface area (Å²) in [6.07, 6.45) is 0.636. The molecule has 4 rings (SSSR count). The van der Waals surface area contributed by atoms with E-state index in [1.54, 1.807) is 36.4 Å². The van der Waals surface area contributed by atoms with E-state index in [1.165, 1.54) is 30.3 Å². The molecule has 0 bridgehead atoms. The summed E-state index contributed by atoms with van der Waals surface area (Å²) in [4.78, 5) is 10.9. The number of aliphatic carboxylic acids is 1. The summed E-state index contributed by atoms with van der Waals surface area (Å²) in [5.41, 5.74) is 0.980. The Morgan fingerprint density at radius 2 is 1.69 bits per heavy atom. The lowest BCUT2D eigenvalue weighted by Gasteiger charge is -2.10. The number of ether oxygens (including phenoxy) is 2.